The molecule has 0 aliphatic carbocycles. The van der Waals surface area contributed by atoms with Gasteiger partial charge in [-0.3, -0.25) is 0 Å². The first-order valence-corrected chi connectivity index (χ1v) is 7.58. The predicted octanol–water partition coefficient (Wildman–Crippen LogP) is 5.25. The van der Waals surface area contributed by atoms with Gasteiger partial charge in [-0.2, -0.15) is 0 Å². The van der Waals surface area contributed by atoms with Crippen LogP contribution in [0.2, 0.25) is 0 Å². The highest BCUT2D eigenvalue weighted by Gasteiger charge is 2.09. The van der Waals surface area contributed by atoms with Crippen LogP contribution in [0, 0.1) is 0 Å². The Bertz CT molecular complexity index is 1270. The van der Waals surface area contributed by atoms with Crippen molar-refractivity contribution < 1.29 is 4.42 Å². The molecule has 0 fully saturated rings. The van der Waals surface area contributed by atoms with Crippen LogP contribution in [-0.4, -0.2) is 0 Å². The molecule has 108 valence electrons. The predicted molar refractivity (Wildman–Crippen MR) is 95.0 cm³/mol. The van der Waals surface area contributed by atoms with Crippen LogP contribution >= 0.6 is 0 Å². The van der Waals surface area contributed by atoms with Gasteiger partial charge in [0.2, 0.25) is 0 Å². The summed E-state index contributed by atoms with van der Waals surface area (Å²) in [5.74, 6) is 0. The largest absolute Gasteiger partial charge is 0.423 e. The molecule has 1 heterocycles. The Hall–Kier alpha value is -3.13. The van der Waals surface area contributed by atoms with Gasteiger partial charge in [-0.15, -0.1) is 0 Å². The van der Waals surface area contributed by atoms with Crippen molar-refractivity contribution in [1.82, 2.24) is 0 Å². The van der Waals surface area contributed by atoms with Crippen molar-refractivity contribution in [1.29, 1.82) is 0 Å². The Morgan fingerprint density at radius 1 is 0.565 bits per heavy atom. The van der Waals surface area contributed by atoms with E-state index < -0.39 is 0 Å². The third-order valence-corrected chi connectivity index (χ3v) is 4.49. The average molecular weight is 296 g/mol. The molecule has 1 aromatic heterocycles. The fourth-order valence-electron chi connectivity index (χ4n) is 3.47. The Morgan fingerprint density at radius 3 is 2.04 bits per heavy atom. The number of fused-ring (bicyclic) bond motifs is 7. The fourth-order valence-corrected chi connectivity index (χ4v) is 3.47. The molecule has 0 saturated carbocycles. The van der Waals surface area contributed by atoms with Crippen LogP contribution in [0.5, 0.6) is 0 Å². The van der Waals surface area contributed by atoms with Gasteiger partial charge in [0.25, 0.3) is 0 Å². The topological polar surface area (TPSA) is 30.2 Å². The summed E-state index contributed by atoms with van der Waals surface area (Å²) in [5, 5.41) is 8.09. The lowest BCUT2D eigenvalue weighted by molar-refractivity contribution is 0.561. The molecule has 0 radical (unpaired) electrons. The van der Waals surface area contributed by atoms with Gasteiger partial charge in [0.1, 0.15) is 5.58 Å². The summed E-state index contributed by atoms with van der Waals surface area (Å²) in [6.07, 6.45) is 0. The van der Waals surface area contributed by atoms with Crippen LogP contribution in [0.25, 0.3) is 43.3 Å². The van der Waals surface area contributed by atoms with Crippen LogP contribution in [0.3, 0.4) is 0 Å². The first-order chi connectivity index (χ1) is 11.3. The normalized spacial score (nSPS) is 11.7. The van der Waals surface area contributed by atoms with E-state index in [1.807, 2.05) is 18.2 Å². The monoisotopic (exact) mass is 296 g/mol. The molecule has 0 unspecified atom stereocenters. The molecule has 2 heteroatoms. The summed E-state index contributed by atoms with van der Waals surface area (Å²) in [4.78, 5) is 11.5. The van der Waals surface area contributed by atoms with E-state index >= 15 is 0 Å². The number of benzene rings is 4. The van der Waals surface area contributed by atoms with Gasteiger partial charge >= 0.3 is 5.63 Å². The molecule has 0 bridgehead atoms. The van der Waals surface area contributed by atoms with Gasteiger partial charge in [0.05, 0.1) is 0 Å². The molecule has 0 saturated heterocycles. The lowest BCUT2D eigenvalue weighted by atomic mass is 9.94. The quantitative estimate of drug-likeness (QED) is 0.288. The molecule has 0 aliphatic heterocycles. The minimum Gasteiger partial charge on any atom is -0.423 e. The molecular formula is C21H12O2. The first-order valence-electron chi connectivity index (χ1n) is 7.58. The van der Waals surface area contributed by atoms with Crippen molar-refractivity contribution in [3.05, 3.63) is 83.2 Å². The maximum absolute atomic E-state index is 11.5. The minimum atomic E-state index is -0.318. The van der Waals surface area contributed by atoms with Crippen LogP contribution in [-0.2, 0) is 0 Å². The molecule has 0 spiro atoms. The molecular weight excluding hydrogens is 284 g/mol. The van der Waals surface area contributed by atoms with Crippen LogP contribution in [0.1, 0.15) is 0 Å². The van der Waals surface area contributed by atoms with E-state index in [1.165, 1.54) is 27.6 Å². The molecule has 4 aromatic carbocycles. The highest BCUT2D eigenvalue weighted by molar-refractivity contribution is 6.26. The fraction of sp³-hybridized carbons (Fsp3) is 0. The summed E-state index contributed by atoms with van der Waals surface area (Å²) in [6.45, 7) is 0. The van der Waals surface area contributed by atoms with Crippen LogP contribution in [0.15, 0.2) is 82.0 Å². The molecule has 0 aliphatic rings. The van der Waals surface area contributed by atoms with Crippen molar-refractivity contribution in [3.8, 4) is 0 Å². The Morgan fingerprint density at radius 2 is 1.22 bits per heavy atom. The van der Waals surface area contributed by atoms with Gasteiger partial charge in [-0.25, -0.2) is 4.79 Å². The zero-order valence-electron chi connectivity index (χ0n) is 12.2. The number of hydrogen-bond acceptors (Lipinski definition) is 2. The van der Waals surface area contributed by atoms with Gasteiger partial charge < -0.3 is 4.42 Å². The molecule has 5 rings (SSSR count). The maximum Gasteiger partial charge on any atom is 0.336 e. The van der Waals surface area contributed by atoms with Gasteiger partial charge in [-0.1, -0.05) is 54.6 Å². The van der Waals surface area contributed by atoms with Gasteiger partial charge in [-0.05, 0) is 39.1 Å². The Kier molecular flexibility index (Phi) is 2.39. The molecule has 5 aromatic rings. The summed E-state index contributed by atoms with van der Waals surface area (Å²) in [5.41, 5.74) is 0.312. The summed E-state index contributed by atoms with van der Waals surface area (Å²) < 4.78 is 5.38. The summed E-state index contributed by atoms with van der Waals surface area (Å²) in [6, 6.07) is 24.2. The van der Waals surface area contributed by atoms with Gasteiger partial charge in [0, 0.05) is 16.8 Å². The molecule has 2 nitrogen and oxygen atoms in total. The zero-order chi connectivity index (χ0) is 15.4. The van der Waals surface area contributed by atoms with E-state index in [9.17, 15) is 4.79 Å². The second-order valence-corrected chi connectivity index (χ2v) is 5.78. The molecule has 0 amide bonds. The zero-order valence-corrected chi connectivity index (χ0v) is 12.2. The first kappa shape index (κ1) is 12.4. The number of rotatable bonds is 0. The van der Waals surface area contributed by atoms with E-state index in [0.717, 1.165) is 16.2 Å². The lowest BCUT2D eigenvalue weighted by Crippen LogP contribution is -1.94. The van der Waals surface area contributed by atoms with Crippen molar-refractivity contribution in [3.63, 3.8) is 0 Å². The third kappa shape index (κ3) is 1.72. The van der Waals surface area contributed by atoms with E-state index in [4.69, 9.17) is 4.42 Å². The van der Waals surface area contributed by atoms with Crippen molar-refractivity contribution in [2.45, 2.75) is 0 Å². The standard InChI is InChI=1S/C21H12O2/c22-19-12-10-17-18(23-19)11-9-15-8-7-14-6-5-13-3-1-2-4-16(13)20(14)21(15)17/h1-12H. The van der Waals surface area contributed by atoms with Crippen molar-refractivity contribution in [2.24, 2.45) is 0 Å². The molecule has 0 atom stereocenters. The second-order valence-electron chi connectivity index (χ2n) is 5.78. The van der Waals surface area contributed by atoms with Crippen LogP contribution in [0.4, 0.5) is 0 Å². The Balaban J connectivity index is 2.18. The highest BCUT2D eigenvalue weighted by atomic mass is 16.4. The summed E-state index contributed by atoms with van der Waals surface area (Å²) in [7, 11) is 0. The second kappa shape index (κ2) is 4.43. The minimum absolute atomic E-state index is 0.318. The highest BCUT2D eigenvalue weighted by Crippen LogP contribution is 2.35. The van der Waals surface area contributed by atoms with E-state index in [1.54, 1.807) is 0 Å². The third-order valence-electron chi connectivity index (χ3n) is 4.49. The number of hydrogen-bond donors (Lipinski definition) is 0. The van der Waals surface area contributed by atoms with E-state index in [0.29, 0.717) is 5.58 Å². The average Bonchev–Trinajstić information content (AvgIpc) is 2.60. The van der Waals surface area contributed by atoms with E-state index in [-0.39, 0.29) is 5.63 Å². The Labute approximate surface area is 131 Å². The van der Waals surface area contributed by atoms with Gasteiger partial charge in [0.15, 0.2) is 0 Å². The van der Waals surface area contributed by atoms with E-state index in [2.05, 4.69) is 48.5 Å². The molecule has 23 heavy (non-hydrogen) atoms. The van der Waals surface area contributed by atoms with Crippen molar-refractivity contribution >= 4 is 43.3 Å². The summed E-state index contributed by atoms with van der Waals surface area (Å²) >= 11 is 0. The molecule has 0 N–H and O–H groups in total. The smallest absolute Gasteiger partial charge is 0.336 e. The SMILES string of the molecule is O=c1ccc2c(ccc3ccc4ccc5ccccc5c4c32)o1. The van der Waals surface area contributed by atoms with Crippen molar-refractivity contribution in [2.75, 3.05) is 0 Å². The van der Waals surface area contributed by atoms with Crippen LogP contribution < -0.4 is 5.63 Å². The lowest BCUT2D eigenvalue weighted by Gasteiger charge is -2.10. The maximum atomic E-state index is 11.5.